The maximum atomic E-state index is 12.4. The standard InChI is InChI=1S/C8H4F6O3S/c9-7(10,11)4-1-2-6(18(15,16)17)5(3-4)8(12,13)14/h1-3H,(H,15,16,17). The zero-order valence-corrected chi connectivity index (χ0v) is 8.99. The van der Waals surface area contributed by atoms with Gasteiger partial charge in [0.15, 0.2) is 0 Å². The summed E-state index contributed by atoms with van der Waals surface area (Å²) in [5, 5.41) is 0. The summed E-state index contributed by atoms with van der Waals surface area (Å²) in [6.07, 6.45) is -10.4. The number of hydrogen-bond acceptors (Lipinski definition) is 2. The molecule has 1 aromatic rings. The second-order valence-corrected chi connectivity index (χ2v) is 4.57. The Labute approximate surface area is 96.8 Å². The van der Waals surface area contributed by atoms with E-state index in [1.807, 2.05) is 0 Å². The van der Waals surface area contributed by atoms with E-state index in [1.54, 1.807) is 0 Å². The Bertz CT molecular complexity index is 557. The zero-order chi connectivity index (χ0) is 14.4. The Balaban J connectivity index is 3.61. The fourth-order valence-corrected chi connectivity index (χ4v) is 1.85. The summed E-state index contributed by atoms with van der Waals surface area (Å²) in [7, 11) is -5.27. The molecular weight excluding hydrogens is 290 g/mol. The van der Waals surface area contributed by atoms with Crippen LogP contribution in [-0.4, -0.2) is 13.0 Å². The van der Waals surface area contributed by atoms with Crippen molar-refractivity contribution in [3.8, 4) is 0 Å². The van der Waals surface area contributed by atoms with E-state index in [0.29, 0.717) is 0 Å². The van der Waals surface area contributed by atoms with E-state index in [1.165, 1.54) is 0 Å². The van der Waals surface area contributed by atoms with Crippen molar-refractivity contribution in [2.24, 2.45) is 0 Å². The summed E-state index contributed by atoms with van der Waals surface area (Å²) < 4.78 is 104. The highest BCUT2D eigenvalue weighted by molar-refractivity contribution is 7.85. The minimum atomic E-state index is -5.34. The molecule has 0 aliphatic rings. The van der Waals surface area contributed by atoms with E-state index in [2.05, 4.69) is 0 Å². The summed E-state index contributed by atoms with van der Waals surface area (Å²) in [5.41, 5.74) is -3.73. The lowest BCUT2D eigenvalue weighted by Crippen LogP contribution is -2.15. The zero-order valence-electron chi connectivity index (χ0n) is 8.17. The molecule has 0 aliphatic heterocycles. The summed E-state index contributed by atoms with van der Waals surface area (Å²) in [5.74, 6) is 0. The molecule has 0 saturated carbocycles. The van der Waals surface area contributed by atoms with Gasteiger partial charge in [0, 0.05) is 0 Å². The van der Waals surface area contributed by atoms with Gasteiger partial charge in [0.2, 0.25) is 0 Å². The average Bonchev–Trinajstić information content (AvgIpc) is 2.12. The summed E-state index contributed by atoms with van der Waals surface area (Å²) >= 11 is 0. The van der Waals surface area contributed by atoms with E-state index < -0.39 is 38.5 Å². The predicted molar refractivity (Wildman–Crippen MR) is 46.3 cm³/mol. The van der Waals surface area contributed by atoms with E-state index >= 15 is 0 Å². The highest BCUT2D eigenvalue weighted by atomic mass is 32.2. The average molecular weight is 294 g/mol. The van der Waals surface area contributed by atoms with Gasteiger partial charge in [-0.3, -0.25) is 4.55 Å². The molecule has 0 radical (unpaired) electrons. The van der Waals surface area contributed by atoms with Gasteiger partial charge in [-0.2, -0.15) is 34.8 Å². The molecule has 10 heteroatoms. The molecule has 1 aromatic carbocycles. The molecule has 1 rings (SSSR count). The quantitative estimate of drug-likeness (QED) is 0.640. The first kappa shape index (κ1) is 14.8. The van der Waals surface area contributed by atoms with E-state index in [-0.39, 0.29) is 18.2 Å². The van der Waals surface area contributed by atoms with Gasteiger partial charge in [0.05, 0.1) is 11.1 Å². The molecule has 0 fully saturated rings. The van der Waals surface area contributed by atoms with E-state index in [4.69, 9.17) is 4.55 Å². The first-order chi connectivity index (χ1) is 7.83. The summed E-state index contributed by atoms with van der Waals surface area (Å²) in [6, 6.07) is -0.178. The molecular formula is C8H4F6O3S. The van der Waals surface area contributed by atoms with Crippen molar-refractivity contribution in [3.05, 3.63) is 29.3 Å². The third-order valence-corrected chi connectivity index (χ3v) is 2.80. The molecule has 0 aromatic heterocycles. The van der Waals surface area contributed by atoms with Crippen LogP contribution in [0.3, 0.4) is 0 Å². The van der Waals surface area contributed by atoms with Gasteiger partial charge in [-0.25, -0.2) is 0 Å². The number of halogens is 6. The number of rotatable bonds is 1. The number of benzene rings is 1. The fraction of sp³-hybridized carbons (Fsp3) is 0.250. The minimum Gasteiger partial charge on any atom is -0.282 e. The fourth-order valence-electron chi connectivity index (χ4n) is 1.15. The molecule has 0 heterocycles. The lowest BCUT2D eigenvalue weighted by Gasteiger charge is -2.14. The van der Waals surface area contributed by atoms with Crippen molar-refractivity contribution >= 4 is 10.1 Å². The second kappa shape index (κ2) is 4.12. The second-order valence-electron chi connectivity index (χ2n) is 3.18. The van der Waals surface area contributed by atoms with Gasteiger partial charge in [-0.15, -0.1) is 0 Å². The van der Waals surface area contributed by atoms with E-state index in [9.17, 15) is 34.8 Å². The Morgan fingerprint density at radius 2 is 1.44 bits per heavy atom. The van der Waals surface area contributed by atoms with Crippen LogP contribution in [0, 0.1) is 0 Å². The van der Waals surface area contributed by atoms with Crippen molar-refractivity contribution < 1.29 is 39.3 Å². The first-order valence-corrected chi connectivity index (χ1v) is 5.53. The molecule has 1 N–H and O–H groups in total. The monoisotopic (exact) mass is 294 g/mol. The first-order valence-electron chi connectivity index (χ1n) is 4.09. The third kappa shape index (κ3) is 3.13. The Morgan fingerprint density at radius 1 is 0.944 bits per heavy atom. The topological polar surface area (TPSA) is 54.4 Å². The Hall–Kier alpha value is -1.29. The minimum absolute atomic E-state index is 0.0565. The van der Waals surface area contributed by atoms with Gasteiger partial charge in [-0.05, 0) is 18.2 Å². The van der Waals surface area contributed by atoms with Gasteiger partial charge in [0.25, 0.3) is 10.1 Å². The summed E-state index contributed by atoms with van der Waals surface area (Å²) in [6.45, 7) is 0. The van der Waals surface area contributed by atoms with Gasteiger partial charge in [-0.1, -0.05) is 0 Å². The van der Waals surface area contributed by atoms with Crippen molar-refractivity contribution in [2.45, 2.75) is 17.2 Å². The van der Waals surface area contributed by atoms with Crippen LogP contribution in [0.4, 0.5) is 26.3 Å². The normalized spacial score (nSPS) is 13.7. The van der Waals surface area contributed by atoms with E-state index in [0.717, 1.165) is 0 Å². The molecule has 0 amide bonds. The lowest BCUT2D eigenvalue weighted by molar-refractivity contribution is -0.144. The molecule has 3 nitrogen and oxygen atoms in total. The summed E-state index contributed by atoms with van der Waals surface area (Å²) in [4.78, 5) is -1.62. The van der Waals surface area contributed by atoms with Crippen molar-refractivity contribution in [3.63, 3.8) is 0 Å². The van der Waals surface area contributed by atoms with Crippen LogP contribution in [0.15, 0.2) is 23.1 Å². The van der Waals surface area contributed by atoms with Crippen molar-refractivity contribution in [1.82, 2.24) is 0 Å². The van der Waals surface area contributed by atoms with Gasteiger partial charge >= 0.3 is 12.4 Å². The molecule has 0 atom stereocenters. The van der Waals surface area contributed by atoms with Gasteiger partial charge in [0.1, 0.15) is 4.90 Å². The SMILES string of the molecule is O=S(=O)(O)c1ccc(C(F)(F)F)cc1C(F)(F)F. The van der Waals surface area contributed by atoms with Crippen molar-refractivity contribution in [2.75, 3.05) is 0 Å². The maximum Gasteiger partial charge on any atom is 0.417 e. The van der Waals surface area contributed by atoms with Crippen LogP contribution in [0.5, 0.6) is 0 Å². The number of hydrogen-bond donors (Lipinski definition) is 1. The van der Waals surface area contributed by atoms with Crippen molar-refractivity contribution in [1.29, 1.82) is 0 Å². The lowest BCUT2D eigenvalue weighted by atomic mass is 10.1. The molecule has 0 unspecified atom stereocenters. The smallest absolute Gasteiger partial charge is 0.282 e. The van der Waals surface area contributed by atoms with Crippen LogP contribution in [-0.2, 0) is 22.5 Å². The van der Waals surface area contributed by atoms with Crippen LogP contribution >= 0.6 is 0 Å². The van der Waals surface area contributed by atoms with Gasteiger partial charge < -0.3 is 0 Å². The van der Waals surface area contributed by atoms with Crippen LogP contribution < -0.4 is 0 Å². The van der Waals surface area contributed by atoms with Crippen LogP contribution in [0.25, 0.3) is 0 Å². The predicted octanol–water partition coefficient (Wildman–Crippen LogP) is 2.97. The molecule has 0 spiro atoms. The molecule has 0 bridgehead atoms. The maximum absolute atomic E-state index is 12.4. The largest absolute Gasteiger partial charge is 0.417 e. The van der Waals surface area contributed by atoms with Crippen LogP contribution in [0.2, 0.25) is 0 Å². The Kier molecular flexibility index (Phi) is 3.38. The Morgan fingerprint density at radius 3 is 1.78 bits per heavy atom. The highest BCUT2D eigenvalue weighted by Crippen LogP contribution is 2.38. The molecule has 102 valence electrons. The van der Waals surface area contributed by atoms with Crippen LogP contribution in [0.1, 0.15) is 11.1 Å². The third-order valence-electron chi connectivity index (χ3n) is 1.89. The number of alkyl halides is 6. The molecule has 0 saturated heterocycles. The highest BCUT2D eigenvalue weighted by Gasteiger charge is 2.40. The molecule has 0 aliphatic carbocycles. The molecule has 18 heavy (non-hydrogen) atoms.